The molecule has 0 spiro atoms. The van der Waals surface area contributed by atoms with E-state index in [2.05, 4.69) is 147 Å². The van der Waals surface area contributed by atoms with Gasteiger partial charge in [-0.2, -0.15) is 0 Å². The lowest BCUT2D eigenvalue weighted by Crippen LogP contribution is -2.47. The average Bonchev–Trinajstić information content (AvgIpc) is 3.30. The fraction of sp³-hybridized carbons (Fsp3) is 0.333. The highest BCUT2D eigenvalue weighted by Crippen LogP contribution is 2.44. The van der Waals surface area contributed by atoms with Crippen molar-refractivity contribution in [2.24, 2.45) is 0 Å². The lowest BCUT2D eigenvalue weighted by Gasteiger charge is -2.44. The van der Waals surface area contributed by atoms with E-state index < -0.39 is 13.9 Å². The van der Waals surface area contributed by atoms with Gasteiger partial charge in [-0.15, -0.1) is 0 Å². The minimum atomic E-state index is -1.75. The number of rotatable bonds is 8. The Morgan fingerprint density at radius 2 is 1.15 bits per heavy atom. The van der Waals surface area contributed by atoms with E-state index in [0.29, 0.717) is 0 Å². The van der Waals surface area contributed by atoms with Crippen LogP contribution < -0.4 is 0 Å². The molecule has 0 saturated carbocycles. The molecular formula is C30H38N2OSi. The molecule has 178 valence electrons. The molecule has 0 saturated heterocycles. The molecule has 3 nitrogen and oxygen atoms in total. The summed E-state index contributed by atoms with van der Waals surface area (Å²) in [5.74, 6) is 0. The fourth-order valence-electron chi connectivity index (χ4n) is 4.50. The van der Waals surface area contributed by atoms with E-state index >= 15 is 0 Å². The molecule has 4 heteroatoms. The summed E-state index contributed by atoms with van der Waals surface area (Å²) in [6, 6.07) is 32.6. The fourth-order valence-corrected chi connectivity index (χ4v) is 5.53. The summed E-state index contributed by atoms with van der Waals surface area (Å²) in [4.78, 5) is 4.84. The normalized spacial score (nSPS) is 14.6. The van der Waals surface area contributed by atoms with Gasteiger partial charge in [0.15, 0.2) is 8.32 Å². The topological polar surface area (TPSA) is 15.7 Å². The van der Waals surface area contributed by atoms with E-state index in [0.717, 1.165) is 19.8 Å². The van der Waals surface area contributed by atoms with Crippen molar-refractivity contribution >= 4 is 8.32 Å². The Labute approximate surface area is 206 Å². The third kappa shape index (κ3) is 4.70. The second-order valence-corrected chi connectivity index (χ2v) is 15.4. The second kappa shape index (κ2) is 9.81. The molecule has 0 radical (unpaired) electrons. The first kappa shape index (κ1) is 24.3. The van der Waals surface area contributed by atoms with Crippen molar-refractivity contribution in [2.75, 3.05) is 19.8 Å². The third-order valence-corrected chi connectivity index (χ3v) is 12.0. The Kier molecular flexibility index (Phi) is 7.01. The van der Waals surface area contributed by atoms with Crippen molar-refractivity contribution < 1.29 is 4.43 Å². The average molecular weight is 471 g/mol. The Bertz CT molecular complexity index is 978. The zero-order chi connectivity index (χ0) is 24.2. The summed E-state index contributed by atoms with van der Waals surface area (Å²) >= 11 is 0. The van der Waals surface area contributed by atoms with Gasteiger partial charge in [0.1, 0.15) is 5.54 Å². The van der Waals surface area contributed by atoms with Gasteiger partial charge in [-0.1, -0.05) is 112 Å². The molecule has 0 fully saturated rings. The van der Waals surface area contributed by atoms with Crippen molar-refractivity contribution in [1.82, 2.24) is 9.80 Å². The summed E-state index contributed by atoms with van der Waals surface area (Å²) in [7, 11) is -1.75. The molecule has 0 aliphatic carbocycles. The SMILES string of the molecule is CC(C)(C)[Si](C)(C)OCCN1C=CN(C(c2ccccc2)(c2ccccc2)c2ccccc2)C1. The van der Waals surface area contributed by atoms with E-state index in [1.54, 1.807) is 0 Å². The summed E-state index contributed by atoms with van der Waals surface area (Å²) in [6.45, 7) is 14.0. The second-order valence-electron chi connectivity index (χ2n) is 10.6. The molecule has 1 aliphatic rings. The highest BCUT2D eigenvalue weighted by atomic mass is 28.4. The Morgan fingerprint density at radius 1 is 0.706 bits per heavy atom. The molecule has 0 bridgehead atoms. The van der Waals surface area contributed by atoms with E-state index in [-0.39, 0.29) is 5.04 Å². The van der Waals surface area contributed by atoms with E-state index in [1.165, 1.54) is 16.7 Å². The minimum Gasteiger partial charge on any atom is -0.415 e. The maximum absolute atomic E-state index is 6.48. The first-order valence-corrected chi connectivity index (χ1v) is 15.2. The number of hydrogen-bond acceptors (Lipinski definition) is 3. The van der Waals surface area contributed by atoms with Crippen LogP contribution in [0.5, 0.6) is 0 Å². The zero-order valence-electron chi connectivity index (χ0n) is 21.2. The van der Waals surface area contributed by atoms with Gasteiger partial charge in [0.05, 0.1) is 13.3 Å². The Morgan fingerprint density at radius 3 is 1.56 bits per heavy atom. The van der Waals surface area contributed by atoms with Crippen LogP contribution in [0, 0.1) is 0 Å². The van der Waals surface area contributed by atoms with Crippen LogP contribution in [0.15, 0.2) is 103 Å². The molecule has 0 atom stereocenters. The van der Waals surface area contributed by atoms with Crippen LogP contribution in [0.3, 0.4) is 0 Å². The molecule has 0 amide bonds. The van der Waals surface area contributed by atoms with Crippen LogP contribution in [-0.2, 0) is 9.96 Å². The van der Waals surface area contributed by atoms with Gasteiger partial charge in [-0.05, 0) is 34.8 Å². The van der Waals surface area contributed by atoms with Gasteiger partial charge >= 0.3 is 0 Å². The summed E-state index contributed by atoms with van der Waals surface area (Å²) in [5, 5.41) is 0.225. The molecule has 0 N–H and O–H groups in total. The highest BCUT2D eigenvalue weighted by molar-refractivity contribution is 6.74. The van der Waals surface area contributed by atoms with Crippen LogP contribution in [0.2, 0.25) is 18.1 Å². The highest BCUT2D eigenvalue weighted by Gasteiger charge is 2.43. The molecule has 34 heavy (non-hydrogen) atoms. The molecular weight excluding hydrogens is 432 g/mol. The van der Waals surface area contributed by atoms with Gasteiger partial charge in [0.2, 0.25) is 0 Å². The van der Waals surface area contributed by atoms with E-state index in [4.69, 9.17) is 4.43 Å². The summed E-state index contributed by atoms with van der Waals surface area (Å²) < 4.78 is 6.48. The predicted octanol–water partition coefficient (Wildman–Crippen LogP) is 7.05. The molecule has 0 unspecified atom stereocenters. The predicted molar refractivity (Wildman–Crippen MR) is 145 cm³/mol. The third-order valence-electron chi connectivity index (χ3n) is 7.44. The quantitative estimate of drug-likeness (QED) is 0.259. The number of benzene rings is 3. The number of nitrogens with zero attached hydrogens (tertiary/aromatic N) is 2. The maximum Gasteiger partial charge on any atom is 0.192 e. The van der Waals surface area contributed by atoms with Crippen LogP contribution in [0.1, 0.15) is 37.5 Å². The van der Waals surface area contributed by atoms with Crippen LogP contribution in [0.25, 0.3) is 0 Å². The Hall–Kier alpha value is -2.82. The van der Waals surface area contributed by atoms with Crippen molar-refractivity contribution in [3.63, 3.8) is 0 Å². The molecule has 3 aromatic rings. The van der Waals surface area contributed by atoms with Crippen LogP contribution >= 0.6 is 0 Å². The zero-order valence-corrected chi connectivity index (χ0v) is 22.2. The Balaban J connectivity index is 1.66. The van der Waals surface area contributed by atoms with Gasteiger partial charge < -0.3 is 14.2 Å². The van der Waals surface area contributed by atoms with Crippen molar-refractivity contribution in [3.05, 3.63) is 120 Å². The van der Waals surface area contributed by atoms with Gasteiger partial charge in [0.25, 0.3) is 0 Å². The van der Waals surface area contributed by atoms with Gasteiger partial charge in [-0.3, -0.25) is 0 Å². The van der Waals surface area contributed by atoms with Gasteiger partial charge in [-0.25, -0.2) is 0 Å². The summed E-state index contributed by atoms with van der Waals surface area (Å²) in [5.41, 5.74) is 3.36. The lowest BCUT2D eigenvalue weighted by molar-refractivity contribution is 0.160. The first-order valence-electron chi connectivity index (χ1n) is 12.2. The monoisotopic (exact) mass is 470 g/mol. The molecule has 3 aromatic carbocycles. The van der Waals surface area contributed by atoms with Crippen LogP contribution in [-0.4, -0.2) is 37.9 Å². The van der Waals surface area contributed by atoms with Crippen molar-refractivity contribution in [3.8, 4) is 0 Å². The van der Waals surface area contributed by atoms with Gasteiger partial charge in [0, 0.05) is 18.9 Å². The standard InChI is InChI=1S/C30H38N2OSi/c1-29(2,3)34(4,5)33-24-23-31-21-22-32(25-31)30(26-15-9-6-10-16-26,27-17-11-7-12-18-27)28-19-13-8-14-20-28/h6-22H,23-25H2,1-5H3. The molecule has 4 rings (SSSR count). The molecule has 0 aromatic heterocycles. The largest absolute Gasteiger partial charge is 0.415 e. The lowest BCUT2D eigenvalue weighted by atomic mass is 9.76. The van der Waals surface area contributed by atoms with E-state index in [9.17, 15) is 0 Å². The van der Waals surface area contributed by atoms with Crippen LogP contribution in [0.4, 0.5) is 0 Å². The van der Waals surface area contributed by atoms with E-state index in [1.807, 2.05) is 0 Å². The smallest absolute Gasteiger partial charge is 0.192 e. The minimum absolute atomic E-state index is 0.225. The molecule has 1 aliphatic heterocycles. The molecule has 1 heterocycles. The van der Waals surface area contributed by atoms with Crippen molar-refractivity contribution in [1.29, 1.82) is 0 Å². The van der Waals surface area contributed by atoms with Crippen molar-refractivity contribution in [2.45, 2.75) is 44.4 Å². The number of hydrogen-bond donors (Lipinski definition) is 0. The summed E-state index contributed by atoms with van der Waals surface area (Å²) in [6.07, 6.45) is 4.47. The first-order chi connectivity index (χ1) is 16.2. The maximum atomic E-state index is 6.48.